The summed E-state index contributed by atoms with van der Waals surface area (Å²) in [7, 11) is 0. The molecule has 0 fully saturated rings. The Morgan fingerprint density at radius 1 is 0.963 bits per heavy atom. The normalized spacial score (nSPS) is 12.0. The maximum Gasteiger partial charge on any atom is 0.231 e. The van der Waals surface area contributed by atoms with E-state index in [1.807, 2.05) is 37.3 Å². The van der Waals surface area contributed by atoms with Gasteiger partial charge in [-0.3, -0.25) is 0 Å². The number of fused-ring (bicyclic) bond motifs is 1. The molecule has 0 spiro atoms. The standard InChI is InChI=1S/C21H22N4O2/c1-15-12-20(22-11-5-8-16-6-3-2-4-7-16)25-21(23-15)24-17-9-10-18-19(13-17)27-14-26-18/h2-4,6-7,9-10,12-13H,5,8,11,14H2,1H3,(H2,22,23,24,25). The van der Waals surface area contributed by atoms with Gasteiger partial charge in [-0.2, -0.15) is 4.98 Å². The van der Waals surface area contributed by atoms with E-state index in [9.17, 15) is 0 Å². The third kappa shape index (κ3) is 4.47. The molecule has 1 aliphatic rings. The maximum absolute atomic E-state index is 5.41. The number of anilines is 3. The molecule has 2 heterocycles. The van der Waals surface area contributed by atoms with E-state index in [1.54, 1.807) is 0 Å². The number of aromatic nitrogens is 2. The Balaban J connectivity index is 1.36. The van der Waals surface area contributed by atoms with E-state index in [2.05, 4.69) is 44.9 Å². The highest BCUT2D eigenvalue weighted by atomic mass is 16.7. The largest absolute Gasteiger partial charge is 0.454 e. The smallest absolute Gasteiger partial charge is 0.231 e. The van der Waals surface area contributed by atoms with Gasteiger partial charge in [0.2, 0.25) is 12.7 Å². The van der Waals surface area contributed by atoms with Gasteiger partial charge in [-0.15, -0.1) is 0 Å². The van der Waals surface area contributed by atoms with Crippen LogP contribution in [-0.4, -0.2) is 23.3 Å². The first kappa shape index (κ1) is 17.1. The lowest BCUT2D eigenvalue weighted by molar-refractivity contribution is 0.174. The van der Waals surface area contributed by atoms with Crippen LogP contribution in [0.2, 0.25) is 0 Å². The van der Waals surface area contributed by atoms with Crippen molar-refractivity contribution in [3.05, 3.63) is 65.9 Å². The summed E-state index contributed by atoms with van der Waals surface area (Å²) in [6.07, 6.45) is 2.08. The van der Waals surface area contributed by atoms with Gasteiger partial charge in [0.25, 0.3) is 0 Å². The minimum atomic E-state index is 0.261. The zero-order valence-corrected chi connectivity index (χ0v) is 15.2. The SMILES string of the molecule is Cc1cc(NCCCc2ccccc2)nc(Nc2ccc3c(c2)OCO3)n1. The number of rotatable bonds is 7. The Morgan fingerprint density at radius 3 is 2.70 bits per heavy atom. The highest BCUT2D eigenvalue weighted by Gasteiger charge is 2.13. The van der Waals surface area contributed by atoms with Gasteiger partial charge in [-0.1, -0.05) is 30.3 Å². The number of nitrogens with one attached hydrogen (secondary N) is 2. The van der Waals surface area contributed by atoms with Gasteiger partial charge in [0.1, 0.15) is 5.82 Å². The van der Waals surface area contributed by atoms with E-state index in [-0.39, 0.29) is 6.79 Å². The fourth-order valence-electron chi connectivity index (χ4n) is 2.97. The number of hydrogen-bond acceptors (Lipinski definition) is 6. The van der Waals surface area contributed by atoms with Crippen LogP contribution in [0.4, 0.5) is 17.5 Å². The predicted molar refractivity (Wildman–Crippen MR) is 106 cm³/mol. The van der Waals surface area contributed by atoms with Gasteiger partial charge in [0, 0.05) is 30.1 Å². The third-order valence-corrected chi connectivity index (χ3v) is 4.27. The second-order valence-electron chi connectivity index (χ2n) is 6.43. The Hall–Kier alpha value is -3.28. The van der Waals surface area contributed by atoms with E-state index in [0.717, 1.165) is 48.1 Å². The molecule has 2 N–H and O–H groups in total. The van der Waals surface area contributed by atoms with Crippen molar-refractivity contribution in [2.24, 2.45) is 0 Å². The lowest BCUT2D eigenvalue weighted by Gasteiger charge is -2.10. The van der Waals surface area contributed by atoms with Crippen molar-refractivity contribution in [2.75, 3.05) is 24.0 Å². The summed E-state index contributed by atoms with van der Waals surface area (Å²) in [5.41, 5.74) is 3.11. The molecule has 6 nitrogen and oxygen atoms in total. The van der Waals surface area contributed by atoms with Crippen molar-refractivity contribution in [3.63, 3.8) is 0 Å². The molecule has 27 heavy (non-hydrogen) atoms. The van der Waals surface area contributed by atoms with Crippen molar-refractivity contribution in [1.82, 2.24) is 9.97 Å². The number of nitrogens with zero attached hydrogens (tertiary/aromatic N) is 2. The van der Waals surface area contributed by atoms with Crippen molar-refractivity contribution < 1.29 is 9.47 Å². The first-order chi connectivity index (χ1) is 13.3. The Labute approximate surface area is 158 Å². The lowest BCUT2D eigenvalue weighted by Crippen LogP contribution is -2.07. The average molecular weight is 362 g/mol. The molecule has 0 saturated carbocycles. The van der Waals surface area contributed by atoms with E-state index in [1.165, 1.54) is 5.56 Å². The molecule has 138 valence electrons. The van der Waals surface area contributed by atoms with E-state index < -0.39 is 0 Å². The summed E-state index contributed by atoms with van der Waals surface area (Å²) in [6, 6.07) is 18.1. The molecule has 6 heteroatoms. The number of aryl methyl sites for hydroxylation is 2. The summed E-state index contributed by atoms with van der Waals surface area (Å²) >= 11 is 0. The summed E-state index contributed by atoms with van der Waals surface area (Å²) in [5, 5.41) is 6.62. The number of benzene rings is 2. The van der Waals surface area contributed by atoms with Crippen LogP contribution in [0.25, 0.3) is 0 Å². The second kappa shape index (κ2) is 7.95. The predicted octanol–water partition coefficient (Wildman–Crippen LogP) is 4.30. The Morgan fingerprint density at radius 2 is 1.81 bits per heavy atom. The molecular formula is C21H22N4O2. The average Bonchev–Trinajstić information content (AvgIpc) is 3.13. The van der Waals surface area contributed by atoms with Crippen molar-refractivity contribution in [2.45, 2.75) is 19.8 Å². The molecule has 0 radical (unpaired) electrons. The molecule has 0 atom stereocenters. The summed E-state index contributed by atoms with van der Waals surface area (Å²) < 4.78 is 10.7. The molecular weight excluding hydrogens is 340 g/mol. The Bertz CT molecular complexity index is 915. The van der Waals surface area contributed by atoms with Gasteiger partial charge in [0.15, 0.2) is 11.5 Å². The van der Waals surface area contributed by atoms with Crippen LogP contribution in [0, 0.1) is 6.92 Å². The minimum absolute atomic E-state index is 0.261. The molecule has 2 aromatic carbocycles. The van der Waals surface area contributed by atoms with Gasteiger partial charge < -0.3 is 20.1 Å². The van der Waals surface area contributed by atoms with Crippen LogP contribution in [0.1, 0.15) is 17.7 Å². The second-order valence-corrected chi connectivity index (χ2v) is 6.43. The summed E-state index contributed by atoms with van der Waals surface area (Å²) in [6.45, 7) is 3.08. The zero-order valence-electron chi connectivity index (χ0n) is 15.2. The molecule has 0 amide bonds. The van der Waals surface area contributed by atoms with Crippen LogP contribution in [0.3, 0.4) is 0 Å². The van der Waals surface area contributed by atoms with E-state index >= 15 is 0 Å². The third-order valence-electron chi connectivity index (χ3n) is 4.27. The van der Waals surface area contributed by atoms with Gasteiger partial charge >= 0.3 is 0 Å². The fraction of sp³-hybridized carbons (Fsp3) is 0.238. The quantitative estimate of drug-likeness (QED) is 0.611. The van der Waals surface area contributed by atoms with E-state index in [0.29, 0.717) is 5.95 Å². The zero-order chi connectivity index (χ0) is 18.5. The van der Waals surface area contributed by atoms with Crippen molar-refractivity contribution >= 4 is 17.5 Å². The summed E-state index contributed by atoms with van der Waals surface area (Å²) in [4.78, 5) is 9.03. The van der Waals surface area contributed by atoms with Crippen LogP contribution < -0.4 is 20.1 Å². The van der Waals surface area contributed by atoms with Gasteiger partial charge in [0.05, 0.1) is 0 Å². The van der Waals surface area contributed by atoms with Crippen LogP contribution in [0.15, 0.2) is 54.6 Å². The van der Waals surface area contributed by atoms with Crippen LogP contribution in [-0.2, 0) is 6.42 Å². The Kier molecular flexibility index (Phi) is 5.05. The molecule has 1 aromatic heterocycles. The van der Waals surface area contributed by atoms with Gasteiger partial charge in [-0.25, -0.2) is 4.98 Å². The molecule has 3 aromatic rings. The first-order valence-corrected chi connectivity index (χ1v) is 9.06. The number of hydrogen-bond donors (Lipinski definition) is 2. The van der Waals surface area contributed by atoms with Crippen molar-refractivity contribution in [1.29, 1.82) is 0 Å². The first-order valence-electron chi connectivity index (χ1n) is 9.06. The van der Waals surface area contributed by atoms with Crippen molar-refractivity contribution in [3.8, 4) is 11.5 Å². The van der Waals surface area contributed by atoms with Crippen LogP contribution >= 0.6 is 0 Å². The molecule has 0 saturated heterocycles. The van der Waals surface area contributed by atoms with Crippen LogP contribution in [0.5, 0.6) is 11.5 Å². The molecule has 0 unspecified atom stereocenters. The van der Waals surface area contributed by atoms with E-state index in [4.69, 9.17) is 9.47 Å². The highest BCUT2D eigenvalue weighted by molar-refractivity contribution is 5.61. The minimum Gasteiger partial charge on any atom is -0.454 e. The monoisotopic (exact) mass is 362 g/mol. The maximum atomic E-state index is 5.41. The molecule has 1 aliphatic heterocycles. The molecule has 0 aliphatic carbocycles. The molecule has 0 bridgehead atoms. The topological polar surface area (TPSA) is 68.3 Å². The highest BCUT2D eigenvalue weighted by Crippen LogP contribution is 2.34. The lowest BCUT2D eigenvalue weighted by atomic mass is 10.1. The summed E-state index contributed by atoms with van der Waals surface area (Å²) in [5.74, 6) is 2.86. The number of ether oxygens (including phenoxy) is 2. The van der Waals surface area contributed by atoms with Gasteiger partial charge in [-0.05, 0) is 37.5 Å². The fourth-order valence-corrected chi connectivity index (χ4v) is 2.97. The molecule has 4 rings (SSSR count).